The van der Waals surface area contributed by atoms with Crippen molar-refractivity contribution in [3.8, 4) is 11.1 Å². The Hall–Kier alpha value is -3.35. The summed E-state index contributed by atoms with van der Waals surface area (Å²) < 4.78 is 5.63. The highest BCUT2D eigenvalue weighted by molar-refractivity contribution is 5.79. The lowest BCUT2D eigenvalue weighted by Gasteiger charge is -2.25. The minimum atomic E-state index is -0.881. The number of carbonyl (C=O) groups is 3. The highest BCUT2D eigenvalue weighted by atomic mass is 16.5. The first-order chi connectivity index (χ1) is 16.5. The van der Waals surface area contributed by atoms with E-state index in [1.807, 2.05) is 31.2 Å². The molecule has 2 atom stereocenters. The molecule has 4 rings (SSSR count). The van der Waals surface area contributed by atoms with E-state index in [9.17, 15) is 14.4 Å². The minimum absolute atomic E-state index is 0.00106. The summed E-state index contributed by atoms with van der Waals surface area (Å²) in [6, 6.07) is 16.0. The van der Waals surface area contributed by atoms with Crippen molar-refractivity contribution in [3.05, 3.63) is 59.7 Å². The van der Waals surface area contributed by atoms with Crippen LogP contribution in [0.3, 0.4) is 0 Å². The largest absolute Gasteiger partial charge is 0.481 e. The Labute approximate surface area is 200 Å². The van der Waals surface area contributed by atoms with Gasteiger partial charge in [0.1, 0.15) is 6.61 Å². The van der Waals surface area contributed by atoms with Crippen molar-refractivity contribution in [2.75, 3.05) is 13.2 Å². The van der Waals surface area contributed by atoms with Gasteiger partial charge >= 0.3 is 12.1 Å². The molecule has 2 unspecified atom stereocenters. The van der Waals surface area contributed by atoms with Gasteiger partial charge in [-0.05, 0) is 47.9 Å². The first-order valence-corrected chi connectivity index (χ1v) is 12.1. The number of benzene rings is 2. The van der Waals surface area contributed by atoms with Crippen LogP contribution >= 0.6 is 0 Å². The quantitative estimate of drug-likeness (QED) is 0.568. The third-order valence-corrected chi connectivity index (χ3v) is 6.97. The van der Waals surface area contributed by atoms with Gasteiger partial charge in [-0.1, -0.05) is 55.5 Å². The summed E-state index contributed by atoms with van der Waals surface area (Å²) in [6.45, 7) is 2.81. The van der Waals surface area contributed by atoms with Gasteiger partial charge in [0.2, 0.25) is 5.91 Å². The summed E-state index contributed by atoms with van der Waals surface area (Å²) in [4.78, 5) is 38.0. The third kappa shape index (κ3) is 5.24. The van der Waals surface area contributed by atoms with E-state index < -0.39 is 12.1 Å². The van der Waals surface area contributed by atoms with E-state index in [0.29, 0.717) is 19.4 Å². The average molecular weight is 465 g/mol. The maximum atomic E-state index is 12.7. The second-order valence-electron chi connectivity index (χ2n) is 9.09. The van der Waals surface area contributed by atoms with Crippen LogP contribution in [0.5, 0.6) is 0 Å². The lowest BCUT2D eigenvalue weighted by molar-refractivity contribution is -0.140. The number of carboxylic acid groups (broad SMARTS) is 1. The number of carboxylic acids is 1. The SMILES string of the molecule is CCC(CCC(=O)N1CCCC1CC(=O)O)NC(=O)OCC1c2ccccc2-c2ccccc21. The second kappa shape index (κ2) is 10.7. The summed E-state index contributed by atoms with van der Waals surface area (Å²) in [5.74, 6) is -0.925. The predicted molar refractivity (Wildman–Crippen MR) is 129 cm³/mol. The van der Waals surface area contributed by atoms with Gasteiger partial charge in [-0.25, -0.2) is 4.79 Å². The monoisotopic (exact) mass is 464 g/mol. The van der Waals surface area contributed by atoms with Crippen LogP contribution < -0.4 is 5.32 Å². The molecule has 0 saturated carbocycles. The predicted octanol–water partition coefficient (Wildman–Crippen LogP) is 4.55. The molecule has 2 aliphatic rings. The number of ether oxygens (including phenoxy) is 1. The Morgan fingerprint density at radius 3 is 2.35 bits per heavy atom. The summed E-state index contributed by atoms with van der Waals surface area (Å²) in [5, 5.41) is 12.0. The van der Waals surface area contributed by atoms with Crippen LogP contribution in [-0.2, 0) is 14.3 Å². The molecule has 0 aromatic heterocycles. The van der Waals surface area contributed by atoms with Crippen LogP contribution in [0.2, 0.25) is 0 Å². The van der Waals surface area contributed by atoms with Gasteiger partial charge < -0.3 is 20.1 Å². The normalized spacial score (nSPS) is 17.7. The first-order valence-electron chi connectivity index (χ1n) is 12.1. The van der Waals surface area contributed by atoms with Gasteiger partial charge in [0.15, 0.2) is 0 Å². The number of carbonyl (C=O) groups excluding carboxylic acids is 2. The summed E-state index contributed by atoms with van der Waals surface area (Å²) in [5.41, 5.74) is 4.69. The lowest BCUT2D eigenvalue weighted by Crippen LogP contribution is -2.39. The highest BCUT2D eigenvalue weighted by Crippen LogP contribution is 2.44. The number of rotatable bonds is 9. The number of nitrogens with one attached hydrogen (secondary N) is 1. The molecule has 2 aromatic carbocycles. The maximum Gasteiger partial charge on any atom is 0.407 e. The molecule has 1 fully saturated rings. The number of aliphatic carboxylic acids is 1. The number of nitrogens with zero attached hydrogens (tertiary/aromatic N) is 1. The van der Waals surface area contributed by atoms with Crippen LogP contribution in [0.4, 0.5) is 4.79 Å². The molecule has 7 heteroatoms. The number of alkyl carbamates (subject to hydrolysis) is 1. The van der Waals surface area contributed by atoms with Crippen LogP contribution in [0, 0.1) is 0 Å². The summed E-state index contributed by atoms with van der Waals surface area (Å²) in [7, 11) is 0. The van der Waals surface area contributed by atoms with Crippen molar-refractivity contribution in [2.24, 2.45) is 0 Å². The lowest BCUT2D eigenvalue weighted by atomic mass is 9.98. The van der Waals surface area contributed by atoms with Crippen LogP contribution in [-0.4, -0.2) is 53.2 Å². The van der Waals surface area contributed by atoms with E-state index in [1.54, 1.807) is 4.90 Å². The number of hydrogen-bond acceptors (Lipinski definition) is 4. The van der Waals surface area contributed by atoms with Gasteiger partial charge in [-0.3, -0.25) is 9.59 Å². The summed E-state index contributed by atoms with van der Waals surface area (Å²) in [6.07, 6.45) is 2.52. The van der Waals surface area contributed by atoms with Crippen molar-refractivity contribution >= 4 is 18.0 Å². The van der Waals surface area contributed by atoms with Gasteiger partial charge in [-0.15, -0.1) is 0 Å². The van der Waals surface area contributed by atoms with Crippen LogP contribution in [0.1, 0.15) is 62.5 Å². The van der Waals surface area contributed by atoms with Crippen molar-refractivity contribution in [1.29, 1.82) is 0 Å². The molecular weight excluding hydrogens is 432 g/mol. The zero-order valence-electron chi connectivity index (χ0n) is 19.5. The Bertz CT molecular complexity index is 1010. The molecule has 7 nitrogen and oxygen atoms in total. The molecule has 0 radical (unpaired) electrons. The van der Waals surface area contributed by atoms with E-state index in [4.69, 9.17) is 9.84 Å². The summed E-state index contributed by atoms with van der Waals surface area (Å²) >= 11 is 0. The molecule has 2 N–H and O–H groups in total. The second-order valence-corrected chi connectivity index (χ2v) is 9.09. The molecule has 0 bridgehead atoms. The molecule has 34 heavy (non-hydrogen) atoms. The van der Waals surface area contributed by atoms with Crippen molar-refractivity contribution in [3.63, 3.8) is 0 Å². The molecule has 0 spiro atoms. The topological polar surface area (TPSA) is 95.9 Å². The third-order valence-electron chi connectivity index (χ3n) is 6.97. The van der Waals surface area contributed by atoms with E-state index >= 15 is 0 Å². The van der Waals surface area contributed by atoms with Gasteiger partial charge in [-0.2, -0.15) is 0 Å². The number of likely N-dealkylation sites (tertiary alicyclic amines) is 1. The van der Waals surface area contributed by atoms with Crippen molar-refractivity contribution in [1.82, 2.24) is 10.2 Å². The molecular formula is C27H32N2O5. The van der Waals surface area contributed by atoms with Crippen molar-refractivity contribution in [2.45, 2.75) is 63.5 Å². The standard InChI is InChI=1S/C27H32N2O5/c1-2-18(13-14-25(30)29-15-7-8-19(29)16-26(31)32)28-27(33)34-17-24-22-11-5-3-9-20(22)21-10-4-6-12-23(21)24/h3-6,9-12,18-19,24H,2,7-8,13-17H2,1H3,(H,28,33)(H,31,32). The first kappa shape index (κ1) is 23.8. The molecule has 1 aliphatic heterocycles. The van der Waals surface area contributed by atoms with E-state index in [-0.39, 0.29) is 43.4 Å². The number of fused-ring (bicyclic) bond motifs is 3. The van der Waals surface area contributed by atoms with E-state index in [1.165, 1.54) is 11.1 Å². The van der Waals surface area contributed by atoms with Gasteiger partial charge in [0, 0.05) is 31.0 Å². The fourth-order valence-corrected chi connectivity index (χ4v) is 5.20. The fraction of sp³-hybridized carbons (Fsp3) is 0.444. The van der Waals surface area contributed by atoms with Gasteiger partial charge in [0.25, 0.3) is 0 Å². The molecule has 2 amide bonds. The number of amides is 2. The Kier molecular flexibility index (Phi) is 7.50. The average Bonchev–Trinajstić information content (AvgIpc) is 3.42. The van der Waals surface area contributed by atoms with Crippen molar-refractivity contribution < 1.29 is 24.2 Å². The van der Waals surface area contributed by atoms with Crippen LogP contribution in [0.15, 0.2) is 48.5 Å². The fourth-order valence-electron chi connectivity index (χ4n) is 5.20. The minimum Gasteiger partial charge on any atom is -0.481 e. The van der Waals surface area contributed by atoms with E-state index in [2.05, 4.69) is 29.6 Å². The zero-order chi connectivity index (χ0) is 24.1. The van der Waals surface area contributed by atoms with Gasteiger partial charge in [0.05, 0.1) is 6.42 Å². The highest BCUT2D eigenvalue weighted by Gasteiger charge is 2.31. The Balaban J connectivity index is 1.29. The maximum absolute atomic E-state index is 12.7. The molecule has 1 saturated heterocycles. The van der Waals surface area contributed by atoms with Crippen LogP contribution in [0.25, 0.3) is 11.1 Å². The smallest absolute Gasteiger partial charge is 0.407 e. The zero-order valence-corrected chi connectivity index (χ0v) is 19.5. The molecule has 1 aliphatic carbocycles. The molecule has 180 valence electrons. The Morgan fingerprint density at radius 2 is 1.74 bits per heavy atom. The Morgan fingerprint density at radius 1 is 1.09 bits per heavy atom. The molecule has 1 heterocycles. The van der Waals surface area contributed by atoms with E-state index in [0.717, 1.165) is 24.0 Å². The molecule has 2 aromatic rings. The number of hydrogen-bond donors (Lipinski definition) is 2.